The normalized spacial score (nSPS) is 12.2. The fraction of sp³-hybridized carbons (Fsp3) is 0.533. The van der Waals surface area contributed by atoms with Crippen molar-refractivity contribution in [3.63, 3.8) is 0 Å². The number of rotatable bonds is 8. The minimum Gasteiger partial charge on any atom is -0.383 e. The largest absolute Gasteiger partial charge is 0.383 e. The molecule has 1 atom stereocenters. The first-order chi connectivity index (χ1) is 8.67. The van der Waals surface area contributed by atoms with Crippen molar-refractivity contribution >= 4 is 23.2 Å². The SMILES string of the molecule is CCSCCC(C)Nc1ccc(C(=O)CC)cc1. The summed E-state index contributed by atoms with van der Waals surface area (Å²) in [4.78, 5) is 11.5. The highest BCUT2D eigenvalue weighted by Crippen LogP contribution is 2.14. The Labute approximate surface area is 115 Å². The molecule has 0 aliphatic carbocycles. The maximum Gasteiger partial charge on any atom is 0.162 e. The molecule has 3 heteroatoms. The van der Waals surface area contributed by atoms with Crippen molar-refractivity contribution in [1.82, 2.24) is 0 Å². The molecule has 0 bridgehead atoms. The summed E-state index contributed by atoms with van der Waals surface area (Å²) in [5.74, 6) is 2.58. The van der Waals surface area contributed by atoms with Gasteiger partial charge in [-0.1, -0.05) is 13.8 Å². The Morgan fingerprint density at radius 3 is 2.50 bits per heavy atom. The summed E-state index contributed by atoms with van der Waals surface area (Å²) in [7, 11) is 0. The summed E-state index contributed by atoms with van der Waals surface area (Å²) < 4.78 is 0. The van der Waals surface area contributed by atoms with Gasteiger partial charge in [0, 0.05) is 23.7 Å². The van der Waals surface area contributed by atoms with E-state index in [0.29, 0.717) is 12.5 Å². The van der Waals surface area contributed by atoms with E-state index in [-0.39, 0.29) is 5.78 Å². The Balaban J connectivity index is 2.45. The van der Waals surface area contributed by atoms with Crippen molar-refractivity contribution in [3.05, 3.63) is 29.8 Å². The Morgan fingerprint density at radius 1 is 1.28 bits per heavy atom. The third-order valence-electron chi connectivity index (χ3n) is 2.84. The Morgan fingerprint density at radius 2 is 1.94 bits per heavy atom. The first kappa shape index (κ1) is 15.1. The number of Topliss-reactive ketones (excluding diaryl/α,β-unsaturated/α-hetero) is 1. The average molecular weight is 265 g/mol. The molecule has 0 saturated heterocycles. The number of nitrogens with one attached hydrogen (secondary N) is 1. The van der Waals surface area contributed by atoms with E-state index in [4.69, 9.17) is 0 Å². The van der Waals surface area contributed by atoms with E-state index in [0.717, 1.165) is 17.7 Å². The molecule has 0 aromatic heterocycles. The van der Waals surface area contributed by atoms with Gasteiger partial charge in [0.1, 0.15) is 0 Å². The summed E-state index contributed by atoms with van der Waals surface area (Å²) in [6.07, 6.45) is 1.73. The van der Waals surface area contributed by atoms with E-state index in [9.17, 15) is 4.79 Å². The zero-order chi connectivity index (χ0) is 13.4. The lowest BCUT2D eigenvalue weighted by molar-refractivity contribution is 0.0988. The number of benzene rings is 1. The predicted octanol–water partition coefficient (Wildman–Crippen LogP) is 4.22. The zero-order valence-corrected chi connectivity index (χ0v) is 12.3. The third-order valence-corrected chi connectivity index (χ3v) is 3.77. The van der Waals surface area contributed by atoms with Gasteiger partial charge in [-0.25, -0.2) is 0 Å². The van der Waals surface area contributed by atoms with E-state index >= 15 is 0 Å². The fourth-order valence-electron chi connectivity index (χ4n) is 1.72. The van der Waals surface area contributed by atoms with Gasteiger partial charge in [0.05, 0.1) is 0 Å². The van der Waals surface area contributed by atoms with Crippen molar-refractivity contribution in [2.45, 2.75) is 39.7 Å². The van der Waals surface area contributed by atoms with Crippen LogP contribution in [0.1, 0.15) is 44.0 Å². The van der Waals surface area contributed by atoms with Crippen molar-refractivity contribution in [2.24, 2.45) is 0 Å². The monoisotopic (exact) mass is 265 g/mol. The van der Waals surface area contributed by atoms with Crippen molar-refractivity contribution in [2.75, 3.05) is 16.8 Å². The first-order valence-electron chi connectivity index (χ1n) is 6.64. The molecule has 0 spiro atoms. The lowest BCUT2D eigenvalue weighted by Crippen LogP contribution is -2.16. The summed E-state index contributed by atoms with van der Waals surface area (Å²) in [6.45, 7) is 6.27. The maximum absolute atomic E-state index is 11.5. The lowest BCUT2D eigenvalue weighted by Gasteiger charge is -2.15. The van der Waals surface area contributed by atoms with Crippen LogP contribution in [0, 0.1) is 0 Å². The van der Waals surface area contributed by atoms with Gasteiger partial charge in [-0.15, -0.1) is 0 Å². The smallest absolute Gasteiger partial charge is 0.162 e. The molecule has 1 aromatic rings. The van der Waals surface area contributed by atoms with Crippen LogP contribution in [0.15, 0.2) is 24.3 Å². The molecule has 0 saturated carbocycles. The molecule has 18 heavy (non-hydrogen) atoms. The van der Waals surface area contributed by atoms with E-state index in [2.05, 4.69) is 19.2 Å². The van der Waals surface area contributed by atoms with Crippen molar-refractivity contribution in [3.8, 4) is 0 Å². The van der Waals surface area contributed by atoms with Crippen molar-refractivity contribution in [1.29, 1.82) is 0 Å². The number of hydrogen-bond acceptors (Lipinski definition) is 3. The minimum atomic E-state index is 0.203. The van der Waals surface area contributed by atoms with Gasteiger partial charge < -0.3 is 5.32 Å². The second kappa shape index (κ2) is 8.20. The van der Waals surface area contributed by atoms with Gasteiger partial charge >= 0.3 is 0 Å². The van der Waals surface area contributed by atoms with E-state index < -0.39 is 0 Å². The number of carbonyl (C=O) groups excluding carboxylic acids is 1. The van der Waals surface area contributed by atoms with Gasteiger partial charge in [-0.3, -0.25) is 4.79 Å². The fourth-order valence-corrected chi connectivity index (χ4v) is 2.53. The Kier molecular flexibility index (Phi) is 6.88. The number of hydrogen-bond donors (Lipinski definition) is 1. The predicted molar refractivity (Wildman–Crippen MR) is 81.8 cm³/mol. The number of carbonyl (C=O) groups is 1. The molecule has 0 amide bonds. The van der Waals surface area contributed by atoms with Crippen LogP contribution >= 0.6 is 11.8 Å². The van der Waals surface area contributed by atoms with Crippen LogP contribution in [0.5, 0.6) is 0 Å². The van der Waals surface area contributed by atoms with Gasteiger partial charge in [0.15, 0.2) is 5.78 Å². The second-order valence-corrected chi connectivity index (χ2v) is 5.78. The van der Waals surface area contributed by atoms with Gasteiger partial charge in [0.25, 0.3) is 0 Å². The van der Waals surface area contributed by atoms with Crippen LogP contribution in [0.4, 0.5) is 5.69 Å². The lowest BCUT2D eigenvalue weighted by atomic mass is 10.1. The number of anilines is 1. The van der Waals surface area contributed by atoms with Crippen LogP contribution in [0.2, 0.25) is 0 Å². The zero-order valence-electron chi connectivity index (χ0n) is 11.5. The topological polar surface area (TPSA) is 29.1 Å². The van der Waals surface area contributed by atoms with Crippen molar-refractivity contribution < 1.29 is 4.79 Å². The average Bonchev–Trinajstić information content (AvgIpc) is 2.39. The quantitative estimate of drug-likeness (QED) is 0.563. The highest BCUT2D eigenvalue weighted by Gasteiger charge is 2.04. The van der Waals surface area contributed by atoms with Gasteiger partial charge in [-0.05, 0) is 49.1 Å². The third kappa shape index (κ3) is 5.13. The molecule has 0 aliphatic heterocycles. The Bertz CT molecular complexity index is 361. The molecular formula is C15H23NOS. The van der Waals surface area contributed by atoms with Gasteiger partial charge in [0.2, 0.25) is 0 Å². The molecule has 1 rings (SSSR count). The molecule has 2 nitrogen and oxygen atoms in total. The molecule has 1 aromatic carbocycles. The van der Waals surface area contributed by atoms with Crippen LogP contribution in [0.25, 0.3) is 0 Å². The number of thioether (sulfide) groups is 1. The molecule has 1 N–H and O–H groups in total. The van der Waals surface area contributed by atoms with E-state index in [1.807, 2.05) is 43.0 Å². The van der Waals surface area contributed by atoms with Gasteiger partial charge in [-0.2, -0.15) is 11.8 Å². The van der Waals surface area contributed by atoms with Crippen LogP contribution in [-0.2, 0) is 0 Å². The van der Waals surface area contributed by atoms with E-state index in [1.165, 1.54) is 11.5 Å². The Hall–Kier alpha value is -0.960. The second-order valence-electron chi connectivity index (χ2n) is 4.39. The first-order valence-corrected chi connectivity index (χ1v) is 7.80. The van der Waals surface area contributed by atoms with Crippen LogP contribution in [-0.4, -0.2) is 23.3 Å². The molecule has 0 fully saturated rings. The molecule has 0 radical (unpaired) electrons. The highest BCUT2D eigenvalue weighted by atomic mass is 32.2. The molecular weight excluding hydrogens is 242 g/mol. The molecule has 100 valence electrons. The molecule has 0 aliphatic rings. The van der Waals surface area contributed by atoms with Crippen LogP contribution < -0.4 is 5.32 Å². The summed E-state index contributed by atoms with van der Waals surface area (Å²) in [5.41, 5.74) is 1.90. The van der Waals surface area contributed by atoms with E-state index in [1.54, 1.807) is 0 Å². The maximum atomic E-state index is 11.5. The summed E-state index contributed by atoms with van der Waals surface area (Å²) in [6, 6.07) is 8.26. The highest BCUT2D eigenvalue weighted by molar-refractivity contribution is 7.99. The summed E-state index contributed by atoms with van der Waals surface area (Å²) in [5, 5.41) is 3.46. The standard InChI is InChI=1S/C15H23NOS/c1-4-15(17)13-6-8-14(9-7-13)16-12(3)10-11-18-5-2/h6-9,12,16H,4-5,10-11H2,1-3H3. The molecule has 0 heterocycles. The number of ketones is 1. The molecule has 1 unspecified atom stereocenters. The minimum absolute atomic E-state index is 0.203. The summed E-state index contributed by atoms with van der Waals surface area (Å²) >= 11 is 1.97. The van der Waals surface area contributed by atoms with Crippen LogP contribution in [0.3, 0.4) is 0 Å².